The van der Waals surface area contributed by atoms with Gasteiger partial charge in [0.2, 0.25) is 5.91 Å². The van der Waals surface area contributed by atoms with E-state index in [2.05, 4.69) is 5.32 Å². The summed E-state index contributed by atoms with van der Waals surface area (Å²) in [5.74, 6) is 0.0687. The molecule has 1 rings (SSSR count). The molecule has 0 aromatic rings. The van der Waals surface area contributed by atoms with Crippen molar-refractivity contribution >= 4 is 30.7 Å². The maximum atomic E-state index is 12.1. The van der Waals surface area contributed by atoms with Crippen LogP contribution < -0.4 is 11.1 Å². The van der Waals surface area contributed by atoms with Gasteiger partial charge in [0.25, 0.3) is 0 Å². The fourth-order valence-corrected chi connectivity index (χ4v) is 2.55. The number of nitrogens with one attached hydrogen (secondary N) is 1. The van der Waals surface area contributed by atoms with Crippen molar-refractivity contribution in [3.8, 4) is 0 Å². The number of hydrogen-bond donors (Lipinski definition) is 2. The Kier molecular flexibility index (Phi) is 11.5. The predicted octanol–water partition coefficient (Wildman–Crippen LogP) is 1.82. The summed E-state index contributed by atoms with van der Waals surface area (Å²) in [6, 6.07) is 0. The second kappa shape index (κ2) is 10.5. The van der Waals surface area contributed by atoms with Crippen molar-refractivity contribution in [2.24, 2.45) is 17.6 Å². The van der Waals surface area contributed by atoms with Gasteiger partial charge in [-0.25, -0.2) is 0 Å². The largest absolute Gasteiger partial charge is 0.401 e. The minimum Gasteiger partial charge on any atom is -0.355 e. The summed E-state index contributed by atoms with van der Waals surface area (Å²) in [5.41, 5.74) is 5.60. The third-order valence-corrected chi connectivity index (χ3v) is 3.54. The molecule has 3 N–H and O–H groups in total. The Morgan fingerprint density at radius 2 is 1.95 bits per heavy atom. The van der Waals surface area contributed by atoms with Gasteiger partial charge in [-0.1, -0.05) is 6.42 Å². The fourth-order valence-electron chi connectivity index (χ4n) is 2.55. The summed E-state index contributed by atoms with van der Waals surface area (Å²) in [6.07, 6.45) is -1.42. The molecule has 0 unspecified atom stereocenters. The first-order chi connectivity index (χ1) is 8.83. The molecular weight excluding hydrogens is 330 g/mol. The van der Waals surface area contributed by atoms with Crippen LogP contribution in [0.25, 0.3) is 0 Å². The Hall–Kier alpha value is -0.240. The number of nitrogens with two attached hydrogens (primary N) is 1. The number of rotatable bonds is 6. The maximum absolute atomic E-state index is 12.1. The molecule has 9 heteroatoms. The third kappa shape index (κ3) is 8.70. The molecule has 0 aliphatic heterocycles. The highest BCUT2D eigenvalue weighted by atomic mass is 35.5. The van der Waals surface area contributed by atoms with E-state index in [1.165, 1.54) is 7.05 Å². The van der Waals surface area contributed by atoms with E-state index < -0.39 is 12.7 Å². The zero-order valence-electron chi connectivity index (χ0n) is 12.0. The Bertz CT molecular complexity index is 306. The highest BCUT2D eigenvalue weighted by Gasteiger charge is 2.32. The second-order valence-corrected chi connectivity index (χ2v) is 5.18. The van der Waals surface area contributed by atoms with Crippen LogP contribution in [0, 0.1) is 11.8 Å². The van der Waals surface area contributed by atoms with Crippen LogP contribution >= 0.6 is 24.8 Å². The molecule has 128 valence electrons. The maximum Gasteiger partial charge on any atom is 0.401 e. The third-order valence-electron chi connectivity index (χ3n) is 3.54. The van der Waals surface area contributed by atoms with Crippen molar-refractivity contribution in [2.75, 3.05) is 33.2 Å². The van der Waals surface area contributed by atoms with Gasteiger partial charge in [-0.05, 0) is 32.4 Å². The molecule has 0 aromatic carbocycles. The van der Waals surface area contributed by atoms with Gasteiger partial charge in [0, 0.05) is 19.0 Å². The normalized spacial score (nSPS) is 21.6. The average Bonchev–Trinajstić information content (AvgIpc) is 2.74. The van der Waals surface area contributed by atoms with Crippen molar-refractivity contribution in [3.05, 3.63) is 0 Å². The summed E-state index contributed by atoms with van der Waals surface area (Å²) in [4.78, 5) is 13.0. The number of alkyl halides is 3. The summed E-state index contributed by atoms with van der Waals surface area (Å²) in [6.45, 7) is -0.0474. The molecule has 2 atom stereocenters. The zero-order chi connectivity index (χ0) is 14.5. The lowest BCUT2D eigenvalue weighted by Crippen LogP contribution is -2.40. The van der Waals surface area contributed by atoms with Gasteiger partial charge < -0.3 is 11.1 Å². The van der Waals surface area contributed by atoms with Crippen LogP contribution in [0.4, 0.5) is 13.2 Å². The van der Waals surface area contributed by atoms with Crippen molar-refractivity contribution in [2.45, 2.75) is 25.4 Å². The van der Waals surface area contributed by atoms with Gasteiger partial charge in [-0.2, -0.15) is 13.2 Å². The van der Waals surface area contributed by atoms with E-state index in [0.29, 0.717) is 6.54 Å². The number of carbonyl (C=O) groups is 1. The zero-order valence-corrected chi connectivity index (χ0v) is 13.6. The monoisotopic (exact) mass is 353 g/mol. The molecule has 1 aliphatic rings. The van der Waals surface area contributed by atoms with E-state index in [9.17, 15) is 18.0 Å². The Labute approximate surface area is 135 Å². The van der Waals surface area contributed by atoms with E-state index in [4.69, 9.17) is 5.73 Å². The van der Waals surface area contributed by atoms with Crippen molar-refractivity contribution in [1.82, 2.24) is 10.2 Å². The van der Waals surface area contributed by atoms with E-state index in [-0.39, 0.29) is 55.6 Å². The first-order valence-corrected chi connectivity index (χ1v) is 6.56. The Morgan fingerprint density at radius 3 is 2.48 bits per heavy atom. The van der Waals surface area contributed by atoms with Crippen LogP contribution in [0.15, 0.2) is 0 Å². The van der Waals surface area contributed by atoms with Gasteiger partial charge in [-0.3, -0.25) is 9.69 Å². The number of hydrogen-bond acceptors (Lipinski definition) is 3. The Balaban J connectivity index is 0. The lowest BCUT2D eigenvalue weighted by Gasteiger charge is -2.20. The number of nitrogens with zero attached hydrogens (tertiary/aromatic N) is 1. The van der Waals surface area contributed by atoms with E-state index in [1.54, 1.807) is 0 Å². The smallest absolute Gasteiger partial charge is 0.355 e. The van der Waals surface area contributed by atoms with Crippen molar-refractivity contribution < 1.29 is 18.0 Å². The molecule has 1 fully saturated rings. The molecule has 0 radical (unpaired) electrons. The SMILES string of the molecule is CN(CCNC(=O)[C@@H]1CCC[C@@H]1CN)CC(F)(F)F.Cl.Cl. The predicted molar refractivity (Wildman–Crippen MR) is 80.9 cm³/mol. The molecule has 1 saturated carbocycles. The van der Waals surface area contributed by atoms with Gasteiger partial charge in [0.15, 0.2) is 0 Å². The van der Waals surface area contributed by atoms with E-state index >= 15 is 0 Å². The summed E-state index contributed by atoms with van der Waals surface area (Å²) >= 11 is 0. The molecule has 21 heavy (non-hydrogen) atoms. The summed E-state index contributed by atoms with van der Waals surface area (Å²) < 4.78 is 36.3. The molecule has 0 aromatic heterocycles. The average molecular weight is 354 g/mol. The molecule has 1 amide bonds. The summed E-state index contributed by atoms with van der Waals surface area (Å²) in [5, 5.41) is 2.70. The molecule has 0 spiro atoms. The lowest BCUT2D eigenvalue weighted by molar-refractivity contribution is -0.142. The minimum atomic E-state index is -4.20. The molecule has 4 nitrogen and oxygen atoms in total. The second-order valence-electron chi connectivity index (χ2n) is 5.18. The van der Waals surface area contributed by atoms with Crippen molar-refractivity contribution in [3.63, 3.8) is 0 Å². The van der Waals surface area contributed by atoms with Crippen LogP contribution in [-0.2, 0) is 4.79 Å². The molecular formula is C12H24Cl2F3N3O. The van der Waals surface area contributed by atoms with E-state index in [0.717, 1.165) is 24.2 Å². The van der Waals surface area contributed by atoms with Crippen LogP contribution in [0.1, 0.15) is 19.3 Å². The number of amides is 1. The van der Waals surface area contributed by atoms with Crippen molar-refractivity contribution in [1.29, 1.82) is 0 Å². The molecule has 0 saturated heterocycles. The Morgan fingerprint density at radius 1 is 1.33 bits per heavy atom. The lowest BCUT2D eigenvalue weighted by atomic mass is 9.95. The number of carbonyl (C=O) groups excluding carboxylic acids is 1. The van der Waals surface area contributed by atoms with Gasteiger partial charge in [-0.15, -0.1) is 24.8 Å². The summed E-state index contributed by atoms with van der Waals surface area (Å²) in [7, 11) is 1.39. The molecule has 0 heterocycles. The standard InChI is InChI=1S/C12H22F3N3O.2ClH/c1-18(8-12(13,14)15)6-5-17-11(19)10-4-2-3-9(10)7-16;;/h9-10H,2-8,16H2,1H3,(H,17,19);2*1H/t9-,10-;;/m1../s1. The quantitative estimate of drug-likeness (QED) is 0.765. The van der Waals surface area contributed by atoms with E-state index in [1.807, 2.05) is 0 Å². The highest BCUT2D eigenvalue weighted by Crippen LogP contribution is 2.30. The van der Waals surface area contributed by atoms with Crippen LogP contribution in [0.3, 0.4) is 0 Å². The first-order valence-electron chi connectivity index (χ1n) is 6.56. The van der Waals surface area contributed by atoms with Gasteiger partial charge >= 0.3 is 6.18 Å². The minimum absolute atomic E-state index is 0. The van der Waals surface area contributed by atoms with Gasteiger partial charge in [0.05, 0.1) is 6.54 Å². The first kappa shape index (κ1) is 23.0. The highest BCUT2D eigenvalue weighted by molar-refractivity contribution is 5.85. The van der Waals surface area contributed by atoms with Crippen LogP contribution in [0.2, 0.25) is 0 Å². The van der Waals surface area contributed by atoms with Crippen LogP contribution in [-0.4, -0.2) is 50.2 Å². The number of likely N-dealkylation sites (N-methyl/N-ethyl adjacent to an activating group) is 1. The van der Waals surface area contributed by atoms with Gasteiger partial charge in [0.1, 0.15) is 0 Å². The molecule has 1 aliphatic carbocycles. The topological polar surface area (TPSA) is 58.4 Å². The molecule has 0 bridgehead atoms. The number of halogens is 5. The van der Waals surface area contributed by atoms with Crippen LogP contribution in [0.5, 0.6) is 0 Å². The fraction of sp³-hybridized carbons (Fsp3) is 0.917.